The molecule has 2 bridgehead atoms. The Morgan fingerprint density at radius 2 is 2.00 bits per heavy atom. The lowest BCUT2D eigenvalue weighted by molar-refractivity contribution is -0.0251. The summed E-state index contributed by atoms with van der Waals surface area (Å²) in [6, 6.07) is 10.6. The van der Waals surface area contributed by atoms with Crippen molar-refractivity contribution in [2.24, 2.45) is 0 Å². The van der Waals surface area contributed by atoms with Crippen LogP contribution in [0.15, 0.2) is 30.3 Å². The third kappa shape index (κ3) is 3.42. The minimum Gasteiger partial charge on any atom is -0.444 e. The highest BCUT2D eigenvalue weighted by molar-refractivity contribution is 5.69. The zero-order valence-corrected chi connectivity index (χ0v) is 15.0. The number of likely N-dealkylation sites (tertiary alicyclic amines) is 2. The van der Waals surface area contributed by atoms with Crippen LogP contribution in [0.4, 0.5) is 4.79 Å². The zero-order chi connectivity index (χ0) is 17.5. The molecule has 2 heterocycles. The molecule has 0 aromatic heterocycles. The zero-order valence-electron chi connectivity index (χ0n) is 15.0. The number of amides is 1. The second kappa shape index (κ2) is 6.37. The lowest BCUT2D eigenvalue weighted by Crippen LogP contribution is -2.58. The molecule has 0 saturated carbocycles. The summed E-state index contributed by atoms with van der Waals surface area (Å²) in [7, 11) is 0. The van der Waals surface area contributed by atoms with Crippen LogP contribution in [-0.2, 0) is 11.3 Å². The summed E-state index contributed by atoms with van der Waals surface area (Å²) in [5, 5.41) is 10.3. The van der Waals surface area contributed by atoms with Gasteiger partial charge in [0.15, 0.2) is 0 Å². The van der Waals surface area contributed by atoms with E-state index in [0.717, 1.165) is 13.0 Å². The normalized spacial score (nSPS) is 28.2. The monoisotopic (exact) mass is 332 g/mol. The number of ether oxygens (including phenoxy) is 1. The van der Waals surface area contributed by atoms with Gasteiger partial charge in [-0.3, -0.25) is 4.90 Å². The van der Waals surface area contributed by atoms with E-state index >= 15 is 0 Å². The van der Waals surface area contributed by atoms with Crippen molar-refractivity contribution in [3.8, 4) is 0 Å². The van der Waals surface area contributed by atoms with E-state index in [1.807, 2.05) is 50.8 Å². The summed E-state index contributed by atoms with van der Waals surface area (Å²) in [5.74, 6) is 0. The Morgan fingerprint density at radius 3 is 2.58 bits per heavy atom. The highest BCUT2D eigenvalue weighted by Crippen LogP contribution is 2.39. The number of hydrogen-bond acceptors (Lipinski definition) is 4. The van der Waals surface area contributed by atoms with Crippen LogP contribution >= 0.6 is 0 Å². The number of nitrogens with zero attached hydrogens (tertiary/aromatic N) is 2. The van der Waals surface area contributed by atoms with Crippen molar-refractivity contribution in [1.82, 2.24) is 9.80 Å². The molecule has 0 radical (unpaired) electrons. The SMILES string of the molecule is CC(O)C1[C@@H]2C[C@@H](CN2C(=O)OC(C)(C)C)N1Cc1ccccc1. The van der Waals surface area contributed by atoms with Gasteiger partial charge < -0.3 is 14.7 Å². The Kier molecular flexibility index (Phi) is 4.58. The van der Waals surface area contributed by atoms with E-state index in [1.54, 1.807) is 0 Å². The quantitative estimate of drug-likeness (QED) is 0.924. The molecular formula is C19H28N2O3. The highest BCUT2D eigenvalue weighted by Gasteiger charge is 2.53. The van der Waals surface area contributed by atoms with Crippen LogP contribution in [0.3, 0.4) is 0 Å². The van der Waals surface area contributed by atoms with Gasteiger partial charge in [0.25, 0.3) is 0 Å². The fraction of sp³-hybridized carbons (Fsp3) is 0.632. The molecule has 3 rings (SSSR count). The van der Waals surface area contributed by atoms with Crippen LogP contribution in [0.2, 0.25) is 0 Å². The van der Waals surface area contributed by atoms with Crippen molar-refractivity contribution < 1.29 is 14.6 Å². The lowest BCUT2D eigenvalue weighted by atomic mass is 10.0. The molecule has 5 heteroatoms. The van der Waals surface area contributed by atoms with Crippen molar-refractivity contribution in [1.29, 1.82) is 0 Å². The molecule has 24 heavy (non-hydrogen) atoms. The van der Waals surface area contributed by atoms with Crippen LogP contribution in [-0.4, -0.2) is 57.4 Å². The standard InChI is InChI=1S/C19H28N2O3/c1-13(22)17-16-10-15(12-21(16)18(23)24-19(2,3)4)20(17)11-14-8-6-5-7-9-14/h5-9,13,15-17,22H,10-12H2,1-4H3/t13?,15-,16-,17?/m0/s1. The first-order valence-electron chi connectivity index (χ1n) is 8.73. The molecule has 132 valence electrons. The average Bonchev–Trinajstić information content (AvgIpc) is 3.04. The number of piperazine rings is 1. The third-order valence-corrected chi connectivity index (χ3v) is 4.90. The maximum atomic E-state index is 12.5. The van der Waals surface area contributed by atoms with E-state index in [-0.39, 0.29) is 24.2 Å². The highest BCUT2D eigenvalue weighted by atomic mass is 16.6. The van der Waals surface area contributed by atoms with Crippen molar-refractivity contribution in [3.05, 3.63) is 35.9 Å². The lowest BCUT2D eigenvalue weighted by Gasteiger charge is -2.42. The fourth-order valence-corrected chi connectivity index (χ4v) is 4.03. The Bertz CT molecular complexity index is 582. The van der Waals surface area contributed by atoms with Crippen LogP contribution in [0.5, 0.6) is 0 Å². The second-order valence-corrected chi connectivity index (χ2v) is 7.98. The molecule has 2 unspecified atom stereocenters. The summed E-state index contributed by atoms with van der Waals surface area (Å²) >= 11 is 0. The van der Waals surface area contributed by atoms with Gasteiger partial charge in [-0.15, -0.1) is 0 Å². The van der Waals surface area contributed by atoms with Gasteiger partial charge >= 0.3 is 6.09 Å². The number of hydrogen-bond donors (Lipinski definition) is 1. The molecule has 1 amide bonds. The maximum absolute atomic E-state index is 12.5. The van der Waals surface area contributed by atoms with E-state index in [1.165, 1.54) is 5.56 Å². The molecule has 2 saturated heterocycles. The van der Waals surface area contributed by atoms with Crippen molar-refractivity contribution in [2.75, 3.05) is 6.54 Å². The third-order valence-electron chi connectivity index (χ3n) is 4.90. The maximum Gasteiger partial charge on any atom is 0.410 e. The molecule has 4 atom stereocenters. The van der Waals surface area contributed by atoms with E-state index < -0.39 is 11.7 Å². The van der Waals surface area contributed by atoms with E-state index in [2.05, 4.69) is 17.0 Å². The van der Waals surface area contributed by atoms with Crippen LogP contribution in [0.25, 0.3) is 0 Å². The number of aliphatic hydroxyl groups is 1. The van der Waals surface area contributed by atoms with Gasteiger partial charge in [0.2, 0.25) is 0 Å². The topological polar surface area (TPSA) is 53.0 Å². The van der Waals surface area contributed by atoms with Gasteiger partial charge in [-0.05, 0) is 39.7 Å². The molecule has 0 spiro atoms. The summed E-state index contributed by atoms with van der Waals surface area (Å²) in [4.78, 5) is 16.7. The van der Waals surface area contributed by atoms with Crippen LogP contribution < -0.4 is 0 Å². The predicted molar refractivity (Wildman–Crippen MR) is 92.6 cm³/mol. The van der Waals surface area contributed by atoms with Gasteiger partial charge in [-0.25, -0.2) is 4.79 Å². The number of rotatable bonds is 3. The largest absolute Gasteiger partial charge is 0.444 e. The second-order valence-electron chi connectivity index (χ2n) is 7.98. The Morgan fingerprint density at radius 1 is 1.33 bits per heavy atom. The molecule has 2 aliphatic rings. The average molecular weight is 332 g/mol. The predicted octanol–water partition coefficient (Wildman–Crippen LogP) is 2.63. The van der Waals surface area contributed by atoms with E-state index in [0.29, 0.717) is 6.54 Å². The van der Waals surface area contributed by atoms with E-state index in [4.69, 9.17) is 4.74 Å². The Labute approximate surface area is 144 Å². The number of benzene rings is 1. The molecule has 2 fully saturated rings. The van der Waals surface area contributed by atoms with Crippen molar-refractivity contribution in [2.45, 2.75) is 70.5 Å². The van der Waals surface area contributed by atoms with Gasteiger partial charge in [-0.1, -0.05) is 30.3 Å². The van der Waals surface area contributed by atoms with Gasteiger partial charge in [0.1, 0.15) is 5.60 Å². The molecule has 1 aromatic rings. The minimum atomic E-state index is -0.497. The molecule has 0 aliphatic carbocycles. The van der Waals surface area contributed by atoms with Gasteiger partial charge in [0.05, 0.1) is 18.2 Å². The first-order valence-corrected chi connectivity index (χ1v) is 8.73. The van der Waals surface area contributed by atoms with Crippen molar-refractivity contribution in [3.63, 3.8) is 0 Å². The summed E-state index contributed by atoms with van der Waals surface area (Å²) in [5.41, 5.74) is 0.739. The molecule has 2 aliphatic heterocycles. The number of aliphatic hydroxyl groups excluding tert-OH is 1. The van der Waals surface area contributed by atoms with Crippen LogP contribution in [0, 0.1) is 0 Å². The van der Waals surface area contributed by atoms with Gasteiger partial charge in [-0.2, -0.15) is 0 Å². The Balaban J connectivity index is 1.74. The van der Waals surface area contributed by atoms with Crippen molar-refractivity contribution >= 4 is 6.09 Å². The first-order chi connectivity index (χ1) is 11.3. The van der Waals surface area contributed by atoms with Crippen LogP contribution in [0.1, 0.15) is 39.7 Å². The smallest absolute Gasteiger partial charge is 0.410 e. The fourth-order valence-electron chi connectivity index (χ4n) is 4.03. The Hall–Kier alpha value is -1.59. The first kappa shape index (κ1) is 17.2. The van der Waals surface area contributed by atoms with E-state index in [9.17, 15) is 9.90 Å². The summed E-state index contributed by atoms with van der Waals surface area (Å²) < 4.78 is 5.54. The molecule has 5 nitrogen and oxygen atoms in total. The molecular weight excluding hydrogens is 304 g/mol. The summed E-state index contributed by atoms with van der Waals surface area (Å²) in [6.45, 7) is 8.94. The minimum absolute atomic E-state index is 0.0218. The number of fused-ring (bicyclic) bond motifs is 2. The van der Waals surface area contributed by atoms with Gasteiger partial charge in [0, 0.05) is 19.1 Å². The number of carbonyl (C=O) groups excluding carboxylic acids is 1. The molecule has 1 aromatic carbocycles. The summed E-state index contributed by atoms with van der Waals surface area (Å²) in [6.07, 6.45) is 0.149. The number of carbonyl (C=O) groups is 1. The molecule has 1 N–H and O–H groups in total.